The fourth-order valence-corrected chi connectivity index (χ4v) is 3.32. The molecule has 0 heterocycles. The number of carbonyl (C=O) groups is 2. The summed E-state index contributed by atoms with van der Waals surface area (Å²) in [5.41, 5.74) is 4.27. The SMILES string of the molecule is O=C1CCCCCC(=O)c2cccc(c2)-c2cccc(c2)CCC1. The number of Topliss-reactive ketones (excluding diaryl/α,β-unsaturated/α-hetero) is 2. The van der Waals surface area contributed by atoms with E-state index in [0.29, 0.717) is 25.0 Å². The summed E-state index contributed by atoms with van der Waals surface area (Å²) in [6.45, 7) is 0. The summed E-state index contributed by atoms with van der Waals surface area (Å²) in [6.07, 6.45) is 6.46. The lowest BCUT2D eigenvalue weighted by Crippen LogP contribution is -2.02. The van der Waals surface area contributed by atoms with E-state index in [4.69, 9.17) is 0 Å². The van der Waals surface area contributed by atoms with E-state index in [2.05, 4.69) is 30.3 Å². The molecule has 1 aliphatic carbocycles. The third-order valence-electron chi connectivity index (χ3n) is 4.73. The molecule has 0 fully saturated rings. The third-order valence-corrected chi connectivity index (χ3v) is 4.73. The highest BCUT2D eigenvalue weighted by molar-refractivity contribution is 5.97. The van der Waals surface area contributed by atoms with Crippen LogP contribution in [0.2, 0.25) is 0 Å². The zero-order chi connectivity index (χ0) is 16.8. The van der Waals surface area contributed by atoms with Crippen LogP contribution >= 0.6 is 0 Å². The average Bonchev–Trinajstić information content (AvgIpc) is 2.61. The molecule has 3 rings (SSSR count). The van der Waals surface area contributed by atoms with Crippen molar-refractivity contribution in [1.29, 1.82) is 0 Å². The molecule has 0 radical (unpaired) electrons. The largest absolute Gasteiger partial charge is 0.300 e. The van der Waals surface area contributed by atoms with Crippen LogP contribution in [0.5, 0.6) is 0 Å². The van der Waals surface area contributed by atoms with E-state index in [9.17, 15) is 9.59 Å². The molecule has 2 nitrogen and oxygen atoms in total. The molecule has 0 saturated heterocycles. The van der Waals surface area contributed by atoms with Crippen LogP contribution in [0.1, 0.15) is 60.9 Å². The smallest absolute Gasteiger partial charge is 0.162 e. The van der Waals surface area contributed by atoms with Gasteiger partial charge in [-0.3, -0.25) is 9.59 Å². The summed E-state index contributed by atoms with van der Waals surface area (Å²) < 4.78 is 0. The van der Waals surface area contributed by atoms with Gasteiger partial charge in [0.25, 0.3) is 0 Å². The predicted octanol–water partition coefficient (Wildman–Crippen LogP) is 5.39. The monoisotopic (exact) mass is 320 g/mol. The quantitative estimate of drug-likeness (QED) is 0.652. The Labute approximate surface area is 143 Å². The Morgan fingerprint density at radius 2 is 1.25 bits per heavy atom. The van der Waals surface area contributed by atoms with Crippen LogP contribution in [0.3, 0.4) is 0 Å². The molecule has 4 bridgehead atoms. The highest BCUT2D eigenvalue weighted by Gasteiger charge is 2.09. The van der Waals surface area contributed by atoms with Gasteiger partial charge in [-0.15, -0.1) is 0 Å². The second kappa shape index (κ2) is 8.05. The zero-order valence-corrected chi connectivity index (χ0v) is 14.1. The number of rotatable bonds is 0. The summed E-state index contributed by atoms with van der Waals surface area (Å²) >= 11 is 0. The summed E-state index contributed by atoms with van der Waals surface area (Å²) in [7, 11) is 0. The van der Waals surface area contributed by atoms with E-state index >= 15 is 0 Å². The van der Waals surface area contributed by atoms with Crippen LogP contribution in [0.25, 0.3) is 11.1 Å². The Bertz CT molecular complexity index is 730. The van der Waals surface area contributed by atoms with E-state index in [0.717, 1.165) is 48.8 Å². The van der Waals surface area contributed by atoms with Crippen molar-refractivity contribution in [3.05, 3.63) is 59.7 Å². The molecule has 124 valence electrons. The Balaban J connectivity index is 1.88. The Morgan fingerprint density at radius 3 is 2.12 bits per heavy atom. The van der Waals surface area contributed by atoms with Gasteiger partial charge in [0.05, 0.1) is 0 Å². The number of benzene rings is 2. The Kier molecular flexibility index (Phi) is 5.58. The molecule has 2 aromatic carbocycles. The maximum atomic E-state index is 12.4. The standard InChI is InChI=1S/C22H24O2/c23-21-12-2-1-3-14-22(24)20-11-6-10-19(16-20)18-9-4-7-17(15-18)8-5-13-21/h4,6-7,9-11,15-16H,1-3,5,8,12-14H2. The molecular formula is C22H24O2. The first-order chi connectivity index (χ1) is 11.7. The lowest BCUT2D eigenvalue weighted by Gasteiger charge is -2.09. The lowest BCUT2D eigenvalue weighted by atomic mass is 9.95. The highest BCUT2D eigenvalue weighted by Crippen LogP contribution is 2.23. The van der Waals surface area contributed by atoms with Crippen molar-refractivity contribution in [3.8, 4) is 11.1 Å². The minimum Gasteiger partial charge on any atom is -0.300 e. The van der Waals surface area contributed by atoms with Crippen LogP contribution < -0.4 is 0 Å². The molecule has 0 amide bonds. The van der Waals surface area contributed by atoms with E-state index in [1.54, 1.807) is 0 Å². The van der Waals surface area contributed by atoms with Crippen molar-refractivity contribution < 1.29 is 9.59 Å². The van der Waals surface area contributed by atoms with Crippen molar-refractivity contribution in [2.45, 2.75) is 51.4 Å². The summed E-state index contributed by atoms with van der Waals surface area (Å²) in [6, 6.07) is 16.4. The van der Waals surface area contributed by atoms with Crippen LogP contribution in [-0.2, 0) is 11.2 Å². The normalized spacial score (nSPS) is 16.8. The van der Waals surface area contributed by atoms with Crippen molar-refractivity contribution in [1.82, 2.24) is 0 Å². The maximum absolute atomic E-state index is 12.4. The van der Waals surface area contributed by atoms with Crippen LogP contribution in [0.4, 0.5) is 0 Å². The first-order valence-corrected chi connectivity index (χ1v) is 8.97. The molecule has 0 N–H and O–H groups in total. The molecule has 0 aliphatic heterocycles. The van der Waals surface area contributed by atoms with Gasteiger partial charge in [0, 0.05) is 24.8 Å². The van der Waals surface area contributed by atoms with Crippen molar-refractivity contribution in [3.63, 3.8) is 0 Å². The molecule has 0 aromatic heterocycles. The van der Waals surface area contributed by atoms with Crippen molar-refractivity contribution >= 4 is 11.6 Å². The Morgan fingerprint density at radius 1 is 0.583 bits per heavy atom. The van der Waals surface area contributed by atoms with Gasteiger partial charge in [0.2, 0.25) is 0 Å². The molecule has 24 heavy (non-hydrogen) atoms. The van der Waals surface area contributed by atoms with Crippen molar-refractivity contribution in [2.75, 3.05) is 0 Å². The fraction of sp³-hybridized carbons (Fsp3) is 0.364. The van der Waals surface area contributed by atoms with Gasteiger partial charge in [-0.2, -0.15) is 0 Å². The number of hydrogen-bond acceptors (Lipinski definition) is 2. The molecule has 2 heteroatoms. The first kappa shape index (κ1) is 16.6. The fourth-order valence-electron chi connectivity index (χ4n) is 3.32. The number of fused-ring (bicyclic) bond motifs is 5. The lowest BCUT2D eigenvalue weighted by molar-refractivity contribution is -0.119. The second-order valence-corrected chi connectivity index (χ2v) is 6.66. The number of aryl methyl sites for hydroxylation is 1. The van der Waals surface area contributed by atoms with Gasteiger partial charge < -0.3 is 0 Å². The number of hydrogen-bond donors (Lipinski definition) is 0. The Hall–Kier alpha value is -2.22. The van der Waals surface area contributed by atoms with Crippen LogP contribution in [0, 0.1) is 0 Å². The summed E-state index contributed by atoms with van der Waals surface area (Å²) in [5, 5.41) is 0. The predicted molar refractivity (Wildman–Crippen MR) is 97.2 cm³/mol. The number of ketones is 2. The minimum absolute atomic E-state index is 0.200. The first-order valence-electron chi connectivity index (χ1n) is 8.97. The maximum Gasteiger partial charge on any atom is 0.162 e. The topological polar surface area (TPSA) is 34.1 Å². The summed E-state index contributed by atoms with van der Waals surface area (Å²) in [5.74, 6) is 0.557. The van der Waals surface area contributed by atoms with Crippen molar-refractivity contribution in [2.24, 2.45) is 0 Å². The second-order valence-electron chi connectivity index (χ2n) is 6.66. The van der Waals surface area contributed by atoms with Gasteiger partial charge in [0.1, 0.15) is 5.78 Å². The minimum atomic E-state index is 0.200. The molecule has 0 saturated carbocycles. The molecular weight excluding hydrogens is 296 g/mol. The van der Waals surface area contributed by atoms with Gasteiger partial charge in [-0.25, -0.2) is 0 Å². The van der Waals surface area contributed by atoms with Crippen LogP contribution in [-0.4, -0.2) is 11.6 Å². The summed E-state index contributed by atoms with van der Waals surface area (Å²) in [4.78, 5) is 24.3. The average molecular weight is 320 g/mol. The number of carbonyl (C=O) groups excluding carboxylic acids is 2. The van der Waals surface area contributed by atoms with Crippen LogP contribution in [0.15, 0.2) is 48.5 Å². The zero-order valence-electron chi connectivity index (χ0n) is 14.1. The third kappa shape index (κ3) is 4.41. The van der Waals surface area contributed by atoms with E-state index < -0.39 is 0 Å². The molecule has 0 spiro atoms. The van der Waals surface area contributed by atoms with Gasteiger partial charge >= 0.3 is 0 Å². The van der Waals surface area contributed by atoms with E-state index in [1.807, 2.05) is 18.2 Å². The molecule has 0 unspecified atom stereocenters. The molecule has 0 atom stereocenters. The van der Waals surface area contributed by atoms with Gasteiger partial charge in [0.15, 0.2) is 5.78 Å². The van der Waals surface area contributed by atoms with Gasteiger partial charge in [-0.05, 0) is 48.4 Å². The molecule has 2 aromatic rings. The molecule has 1 aliphatic rings. The van der Waals surface area contributed by atoms with E-state index in [1.165, 1.54) is 5.56 Å². The highest BCUT2D eigenvalue weighted by atomic mass is 16.1. The van der Waals surface area contributed by atoms with Gasteiger partial charge in [-0.1, -0.05) is 48.9 Å². The van der Waals surface area contributed by atoms with E-state index in [-0.39, 0.29) is 5.78 Å².